The van der Waals surface area contributed by atoms with Crippen molar-refractivity contribution in [2.24, 2.45) is 0 Å². The second kappa shape index (κ2) is 8.90. The van der Waals surface area contributed by atoms with Crippen LogP contribution >= 0.6 is 0 Å². The van der Waals surface area contributed by atoms with Crippen molar-refractivity contribution in [2.45, 2.75) is 17.9 Å². The van der Waals surface area contributed by atoms with Crippen molar-refractivity contribution in [3.05, 3.63) is 78.6 Å². The Balaban J connectivity index is 1.52. The third-order valence-corrected chi connectivity index (χ3v) is 5.69. The molecule has 0 aliphatic heterocycles. The van der Waals surface area contributed by atoms with Gasteiger partial charge in [0.15, 0.2) is 0 Å². The Hall–Kier alpha value is -2.54. The minimum absolute atomic E-state index is 0.228. The van der Waals surface area contributed by atoms with Crippen molar-refractivity contribution in [2.75, 3.05) is 13.1 Å². The van der Waals surface area contributed by atoms with Gasteiger partial charge in [0, 0.05) is 36.9 Å². The van der Waals surface area contributed by atoms with Gasteiger partial charge >= 0.3 is 0 Å². The van der Waals surface area contributed by atoms with Crippen molar-refractivity contribution >= 4 is 26.9 Å². The standard InChI is InChI=1S/C21H23N3O2S/c1-17(15-22-12-5-8-18-6-3-2-4-7-18)24-27(25,26)21-10-9-20-16-23-13-11-19(20)14-21/h2-11,13-14,16-17,22,24H,12,15H2,1H3/b8-5+. The fourth-order valence-electron chi connectivity index (χ4n) is 2.75. The van der Waals surface area contributed by atoms with E-state index in [1.807, 2.05) is 49.4 Å². The van der Waals surface area contributed by atoms with E-state index in [-0.39, 0.29) is 10.9 Å². The van der Waals surface area contributed by atoms with Crippen LogP contribution in [-0.2, 0) is 10.0 Å². The fourth-order valence-corrected chi connectivity index (χ4v) is 4.02. The smallest absolute Gasteiger partial charge is 0.240 e. The topological polar surface area (TPSA) is 71.1 Å². The number of hydrogen-bond acceptors (Lipinski definition) is 4. The van der Waals surface area contributed by atoms with E-state index in [1.165, 1.54) is 0 Å². The van der Waals surface area contributed by atoms with Crippen molar-refractivity contribution in [3.8, 4) is 0 Å². The van der Waals surface area contributed by atoms with Gasteiger partial charge in [-0.05, 0) is 36.1 Å². The van der Waals surface area contributed by atoms with E-state index in [0.717, 1.165) is 16.3 Å². The minimum atomic E-state index is -3.57. The van der Waals surface area contributed by atoms with E-state index in [4.69, 9.17) is 0 Å². The van der Waals surface area contributed by atoms with Gasteiger partial charge in [0.2, 0.25) is 10.0 Å². The number of pyridine rings is 1. The lowest BCUT2D eigenvalue weighted by atomic mass is 10.2. The van der Waals surface area contributed by atoms with Crippen molar-refractivity contribution in [3.63, 3.8) is 0 Å². The molecule has 3 rings (SSSR count). The van der Waals surface area contributed by atoms with Crippen LogP contribution in [0, 0.1) is 0 Å². The third kappa shape index (κ3) is 5.47. The van der Waals surface area contributed by atoms with E-state index in [9.17, 15) is 8.42 Å². The van der Waals surface area contributed by atoms with Crippen LogP contribution in [0.2, 0.25) is 0 Å². The Labute approximate surface area is 160 Å². The number of nitrogens with zero attached hydrogens (tertiary/aromatic N) is 1. The molecule has 0 aliphatic carbocycles. The first-order chi connectivity index (χ1) is 13.0. The molecular formula is C21H23N3O2S. The highest BCUT2D eigenvalue weighted by molar-refractivity contribution is 7.89. The second-order valence-corrected chi connectivity index (χ2v) is 8.09. The molecule has 0 radical (unpaired) electrons. The zero-order valence-corrected chi connectivity index (χ0v) is 16.0. The first-order valence-corrected chi connectivity index (χ1v) is 10.3. The monoisotopic (exact) mass is 381 g/mol. The molecule has 0 bridgehead atoms. The van der Waals surface area contributed by atoms with Crippen molar-refractivity contribution in [1.82, 2.24) is 15.0 Å². The third-order valence-electron chi connectivity index (χ3n) is 4.10. The minimum Gasteiger partial charge on any atom is -0.312 e. The zero-order chi connectivity index (χ0) is 19.1. The van der Waals surface area contributed by atoms with Crippen molar-refractivity contribution in [1.29, 1.82) is 0 Å². The normalized spacial score (nSPS) is 13.2. The molecule has 0 saturated carbocycles. The molecule has 3 aromatic rings. The molecule has 1 aromatic heterocycles. The lowest BCUT2D eigenvalue weighted by Crippen LogP contribution is -2.39. The van der Waals surface area contributed by atoms with Gasteiger partial charge in [-0.1, -0.05) is 48.6 Å². The number of hydrogen-bond donors (Lipinski definition) is 2. The van der Waals surface area contributed by atoms with Crippen LogP contribution in [0.4, 0.5) is 0 Å². The predicted octanol–water partition coefficient (Wildman–Crippen LogP) is 3.20. The molecule has 27 heavy (non-hydrogen) atoms. The lowest BCUT2D eigenvalue weighted by Gasteiger charge is -2.15. The van der Waals surface area contributed by atoms with E-state index in [1.54, 1.807) is 36.7 Å². The van der Waals surface area contributed by atoms with Gasteiger partial charge in [-0.15, -0.1) is 0 Å². The average molecular weight is 382 g/mol. The van der Waals surface area contributed by atoms with Gasteiger partial charge in [0.25, 0.3) is 0 Å². The Kier molecular flexibility index (Phi) is 6.34. The highest BCUT2D eigenvalue weighted by Gasteiger charge is 2.17. The van der Waals surface area contributed by atoms with Crippen molar-refractivity contribution < 1.29 is 8.42 Å². The Bertz CT molecular complexity index is 1020. The molecule has 0 spiro atoms. The quantitative estimate of drug-likeness (QED) is 0.588. The summed E-state index contributed by atoms with van der Waals surface area (Å²) in [6.45, 7) is 3.05. The number of fused-ring (bicyclic) bond motifs is 1. The summed E-state index contributed by atoms with van der Waals surface area (Å²) in [7, 11) is -3.57. The van der Waals surface area contributed by atoms with E-state index in [2.05, 4.69) is 15.0 Å². The summed E-state index contributed by atoms with van der Waals surface area (Å²) in [5.74, 6) is 0. The molecule has 5 nitrogen and oxygen atoms in total. The molecule has 1 heterocycles. The number of benzene rings is 2. The van der Waals surface area contributed by atoms with Gasteiger partial charge in [0.1, 0.15) is 0 Å². The lowest BCUT2D eigenvalue weighted by molar-refractivity contribution is 0.545. The molecule has 0 amide bonds. The Morgan fingerprint density at radius 1 is 1.07 bits per heavy atom. The summed E-state index contributed by atoms with van der Waals surface area (Å²) >= 11 is 0. The molecule has 2 N–H and O–H groups in total. The predicted molar refractivity (Wildman–Crippen MR) is 110 cm³/mol. The summed E-state index contributed by atoms with van der Waals surface area (Å²) in [5, 5.41) is 5.00. The first-order valence-electron chi connectivity index (χ1n) is 8.83. The molecule has 0 aliphatic rings. The summed E-state index contributed by atoms with van der Waals surface area (Å²) in [6, 6.07) is 16.7. The van der Waals surface area contributed by atoms with Crippen LogP contribution in [0.1, 0.15) is 12.5 Å². The zero-order valence-electron chi connectivity index (χ0n) is 15.2. The van der Waals surface area contributed by atoms with Crippen LogP contribution in [0.3, 0.4) is 0 Å². The molecule has 140 valence electrons. The summed E-state index contributed by atoms with van der Waals surface area (Å²) < 4.78 is 27.9. The largest absolute Gasteiger partial charge is 0.312 e. The second-order valence-electron chi connectivity index (χ2n) is 6.38. The van der Waals surface area contributed by atoms with Gasteiger partial charge < -0.3 is 5.32 Å². The Morgan fingerprint density at radius 2 is 1.89 bits per heavy atom. The average Bonchev–Trinajstić information content (AvgIpc) is 2.68. The van der Waals surface area contributed by atoms with Gasteiger partial charge in [-0.2, -0.15) is 0 Å². The summed E-state index contributed by atoms with van der Waals surface area (Å²) in [4.78, 5) is 4.30. The number of rotatable bonds is 8. The van der Waals surface area contributed by atoms with Crippen LogP contribution in [0.15, 0.2) is 78.0 Å². The van der Waals surface area contributed by atoms with Crippen LogP contribution in [0.5, 0.6) is 0 Å². The summed E-state index contributed by atoms with van der Waals surface area (Å²) in [5.41, 5.74) is 1.14. The summed E-state index contributed by atoms with van der Waals surface area (Å²) in [6.07, 6.45) is 7.43. The van der Waals surface area contributed by atoms with Crippen LogP contribution in [0.25, 0.3) is 16.8 Å². The highest BCUT2D eigenvalue weighted by Crippen LogP contribution is 2.18. The van der Waals surface area contributed by atoms with Gasteiger partial charge in [-0.25, -0.2) is 13.1 Å². The SMILES string of the molecule is CC(CNC/C=C/c1ccccc1)NS(=O)(=O)c1ccc2cnccc2c1. The van der Waals surface area contributed by atoms with Gasteiger partial charge in [-0.3, -0.25) is 4.98 Å². The fraction of sp³-hybridized carbons (Fsp3) is 0.190. The molecule has 6 heteroatoms. The highest BCUT2D eigenvalue weighted by atomic mass is 32.2. The maximum atomic E-state index is 12.6. The molecule has 1 unspecified atom stereocenters. The number of nitrogens with one attached hydrogen (secondary N) is 2. The van der Waals surface area contributed by atoms with E-state index in [0.29, 0.717) is 13.1 Å². The molecule has 0 fully saturated rings. The number of sulfonamides is 1. The molecule has 1 atom stereocenters. The first kappa shape index (κ1) is 19.2. The van der Waals surface area contributed by atoms with E-state index < -0.39 is 10.0 Å². The maximum absolute atomic E-state index is 12.6. The molecular weight excluding hydrogens is 358 g/mol. The van der Waals surface area contributed by atoms with Crippen LogP contribution < -0.4 is 10.0 Å². The maximum Gasteiger partial charge on any atom is 0.240 e. The molecule has 2 aromatic carbocycles. The van der Waals surface area contributed by atoms with Crippen LogP contribution in [-0.4, -0.2) is 32.5 Å². The van der Waals surface area contributed by atoms with E-state index >= 15 is 0 Å². The Morgan fingerprint density at radius 3 is 2.70 bits per heavy atom. The van der Waals surface area contributed by atoms with Gasteiger partial charge in [0.05, 0.1) is 4.90 Å². The molecule has 0 saturated heterocycles. The number of aromatic nitrogens is 1.